The molecule has 86 valence electrons. The van der Waals surface area contributed by atoms with Gasteiger partial charge in [-0.15, -0.1) is 0 Å². The zero-order valence-electron chi connectivity index (χ0n) is 10.4. The van der Waals surface area contributed by atoms with E-state index in [1.165, 1.54) is 5.56 Å². The van der Waals surface area contributed by atoms with E-state index in [0.29, 0.717) is 5.92 Å². The van der Waals surface area contributed by atoms with Crippen LogP contribution in [0.1, 0.15) is 39.2 Å². The summed E-state index contributed by atoms with van der Waals surface area (Å²) < 4.78 is 1.89. The first-order chi connectivity index (χ1) is 7.77. The molecule has 2 aromatic heterocycles. The number of nitrogens with zero attached hydrogens (tertiary/aromatic N) is 3. The van der Waals surface area contributed by atoms with Crippen molar-refractivity contribution in [3.63, 3.8) is 0 Å². The van der Waals surface area contributed by atoms with Crippen LogP contribution in [0.2, 0.25) is 0 Å². The molecule has 0 fully saturated rings. The number of hydrogen-bond donors (Lipinski definition) is 0. The quantitative estimate of drug-likeness (QED) is 0.771. The van der Waals surface area contributed by atoms with Crippen LogP contribution in [-0.2, 0) is 0 Å². The van der Waals surface area contributed by atoms with E-state index in [1.807, 2.05) is 36.9 Å². The van der Waals surface area contributed by atoms with E-state index in [2.05, 4.69) is 29.9 Å². The molecule has 0 spiro atoms. The molecule has 16 heavy (non-hydrogen) atoms. The highest BCUT2D eigenvalue weighted by Gasteiger charge is 2.00. The molecule has 0 amide bonds. The Morgan fingerprint density at radius 1 is 1.19 bits per heavy atom. The van der Waals surface area contributed by atoms with Crippen LogP contribution in [0.5, 0.6) is 0 Å². The Bertz CT molecular complexity index is 388. The fourth-order valence-corrected chi connectivity index (χ4v) is 1.29. The van der Waals surface area contributed by atoms with E-state index < -0.39 is 0 Å². The van der Waals surface area contributed by atoms with Crippen LogP contribution < -0.4 is 0 Å². The average Bonchev–Trinajstić information content (AvgIpc) is 2.85. The number of hydrogen-bond acceptors (Lipinski definition) is 2. The lowest BCUT2D eigenvalue weighted by Crippen LogP contribution is -1.96. The van der Waals surface area contributed by atoms with Crippen molar-refractivity contribution in [3.8, 4) is 5.82 Å². The minimum atomic E-state index is 0.527. The maximum Gasteiger partial charge on any atom is 0.137 e. The lowest BCUT2D eigenvalue weighted by Gasteiger charge is -2.05. The third-order valence-corrected chi connectivity index (χ3v) is 2.21. The minimum absolute atomic E-state index is 0.527. The molecule has 0 saturated carbocycles. The Balaban J connectivity index is 0.000000606. The molecule has 0 radical (unpaired) electrons. The Morgan fingerprint density at radius 2 is 1.94 bits per heavy atom. The predicted molar refractivity (Wildman–Crippen MR) is 66.8 cm³/mol. The van der Waals surface area contributed by atoms with Gasteiger partial charge < -0.3 is 0 Å². The minimum Gasteiger partial charge on any atom is -0.291 e. The number of rotatable bonds is 2. The van der Waals surface area contributed by atoms with Crippen LogP contribution in [0.4, 0.5) is 0 Å². The normalized spacial score (nSPS) is 9.81. The summed E-state index contributed by atoms with van der Waals surface area (Å²) >= 11 is 0. The van der Waals surface area contributed by atoms with Crippen molar-refractivity contribution in [2.45, 2.75) is 33.6 Å². The maximum absolute atomic E-state index is 4.37. The van der Waals surface area contributed by atoms with Crippen molar-refractivity contribution in [3.05, 3.63) is 42.6 Å². The van der Waals surface area contributed by atoms with Crippen molar-refractivity contribution in [1.82, 2.24) is 14.5 Å². The highest BCUT2D eigenvalue weighted by atomic mass is 15.1. The summed E-state index contributed by atoms with van der Waals surface area (Å²) in [5.41, 5.74) is 1.26. The molecule has 0 aliphatic rings. The van der Waals surface area contributed by atoms with Gasteiger partial charge in [-0.2, -0.15) is 0 Å². The van der Waals surface area contributed by atoms with Crippen LogP contribution in [-0.4, -0.2) is 14.5 Å². The van der Waals surface area contributed by atoms with Gasteiger partial charge >= 0.3 is 0 Å². The molecule has 0 atom stereocenters. The average molecular weight is 217 g/mol. The van der Waals surface area contributed by atoms with Crippen LogP contribution >= 0.6 is 0 Å². The zero-order chi connectivity index (χ0) is 12.0. The molecule has 0 unspecified atom stereocenters. The first-order valence-corrected chi connectivity index (χ1v) is 5.71. The summed E-state index contributed by atoms with van der Waals surface area (Å²) in [6, 6.07) is 4.12. The van der Waals surface area contributed by atoms with E-state index in [9.17, 15) is 0 Å². The molecule has 0 bridgehead atoms. The number of imidazole rings is 1. The second-order valence-corrected chi connectivity index (χ2v) is 3.57. The van der Waals surface area contributed by atoms with Crippen molar-refractivity contribution < 1.29 is 0 Å². The van der Waals surface area contributed by atoms with Crippen molar-refractivity contribution in [2.24, 2.45) is 0 Å². The molecule has 2 heterocycles. The summed E-state index contributed by atoms with van der Waals surface area (Å²) in [5.74, 6) is 1.44. The molecular weight excluding hydrogens is 198 g/mol. The summed E-state index contributed by atoms with van der Waals surface area (Å²) in [4.78, 5) is 8.34. The van der Waals surface area contributed by atoms with Gasteiger partial charge in [0.25, 0.3) is 0 Å². The van der Waals surface area contributed by atoms with Gasteiger partial charge in [-0.25, -0.2) is 9.97 Å². The van der Waals surface area contributed by atoms with Gasteiger partial charge in [0.05, 0.1) is 0 Å². The zero-order valence-corrected chi connectivity index (χ0v) is 10.4. The van der Waals surface area contributed by atoms with Gasteiger partial charge in [-0.1, -0.05) is 33.8 Å². The topological polar surface area (TPSA) is 30.7 Å². The third-order valence-electron chi connectivity index (χ3n) is 2.21. The molecule has 0 aromatic carbocycles. The smallest absolute Gasteiger partial charge is 0.137 e. The van der Waals surface area contributed by atoms with E-state index in [1.54, 1.807) is 12.5 Å². The standard InChI is InChI=1S/C11H13N3.C2H6/c1-9(2)10-3-4-11(13-7-10)14-6-5-12-8-14;1-2/h3-9H,1-2H3;1-2H3. The third kappa shape index (κ3) is 2.92. The van der Waals surface area contributed by atoms with Crippen molar-refractivity contribution >= 4 is 0 Å². The second-order valence-electron chi connectivity index (χ2n) is 3.57. The van der Waals surface area contributed by atoms with E-state index >= 15 is 0 Å². The summed E-state index contributed by atoms with van der Waals surface area (Å²) in [7, 11) is 0. The van der Waals surface area contributed by atoms with Crippen LogP contribution in [0, 0.1) is 0 Å². The van der Waals surface area contributed by atoms with Gasteiger partial charge in [0.2, 0.25) is 0 Å². The molecule has 0 aliphatic carbocycles. The molecule has 3 heteroatoms. The van der Waals surface area contributed by atoms with Crippen LogP contribution in [0.25, 0.3) is 5.82 Å². The molecule has 0 aliphatic heterocycles. The highest BCUT2D eigenvalue weighted by Crippen LogP contribution is 2.13. The van der Waals surface area contributed by atoms with Gasteiger partial charge in [0.15, 0.2) is 0 Å². The molecule has 3 nitrogen and oxygen atoms in total. The number of pyridine rings is 1. The van der Waals surface area contributed by atoms with Crippen molar-refractivity contribution in [2.75, 3.05) is 0 Å². The Kier molecular flexibility index (Phi) is 4.70. The highest BCUT2D eigenvalue weighted by molar-refractivity contribution is 5.26. The van der Waals surface area contributed by atoms with Crippen molar-refractivity contribution in [1.29, 1.82) is 0 Å². The lowest BCUT2D eigenvalue weighted by atomic mass is 10.1. The van der Waals surface area contributed by atoms with Gasteiger partial charge in [0, 0.05) is 18.6 Å². The van der Waals surface area contributed by atoms with Crippen LogP contribution in [0.3, 0.4) is 0 Å². The fraction of sp³-hybridized carbons (Fsp3) is 0.385. The second kappa shape index (κ2) is 6.05. The van der Waals surface area contributed by atoms with Crippen LogP contribution in [0.15, 0.2) is 37.1 Å². The summed E-state index contributed by atoms with van der Waals surface area (Å²) in [6.45, 7) is 8.32. The Hall–Kier alpha value is -1.64. The Morgan fingerprint density at radius 3 is 2.38 bits per heavy atom. The largest absolute Gasteiger partial charge is 0.291 e. The van der Waals surface area contributed by atoms with Gasteiger partial charge in [-0.05, 0) is 17.5 Å². The lowest BCUT2D eigenvalue weighted by molar-refractivity contribution is 0.851. The first-order valence-electron chi connectivity index (χ1n) is 5.71. The predicted octanol–water partition coefficient (Wildman–Crippen LogP) is 3.42. The Labute approximate surface area is 97.2 Å². The molecule has 2 rings (SSSR count). The van der Waals surface area contributed by atoms with E-state index in [-0.39, 0.29) is 0 Å². The van der Waals surface area contributed by atoms with E-state index in [4.69, 9.17) is 0 Å². The van der Waals surface area contributed by atoms with Gasteiger partial charge in [0.1, 0.15) is 12.1 Å². The molecule has 0 N–H and O–H groups in total. The maximum atomic E-state index is 4.37. The summed E-state index contributed by atoms with van der Waals surface area (Å²) in [6.07, 6.45) is 7.30. The fourth-order valence-electron chi connectivity index (χ4n) is 1.29. The SMILES string of the molecule is CC.CC(C)c1ccc(-n2ccnc2)nc1. The monoisotopic (exact) mass is 217 g/mol. The first kappa shape index (κ1) is 12.4. The van der Waals surface area contributed by atoms with Gasteiger partial charge in [-0.3, -0.25) is 4.57 Å². The molecule has 0 saturated heterocycles. The number of aromatic nitrogens is 3. The summed E-state index contributed by atoms with van der Waals surface area (Å²) in [5, 5.41) is 0. The van der Waals surface area contributed by atoms with E-state index in [0.717, 1.165) is 5.82 Å². The molecular formula is C13H19N3. The molecule has 2 aromatic rings.